The van der Waals surface area contributed by atoms with E-state index in [1.807, 2.05) is 48.5 Å². The molecule has 0 fully saturated rings. The van der Waals surface area contributed by atoms with Crippen molar-refractivity contribution in [1.82, 2.24) is 9.97 Å². The summed E-state index contributed by atoms with van der Waals surface area (Å²) >= 11 is 0. The van der Waals surface area contributed by atoms with Crippen LogP contribution in [0.2, 0.25) is 0 Å². The third kappa shape index (κ3) is 4.67. The quantitative estimate of drug-likeness (QED) is 0.425. The summed E-state index contributed by atoms with van der Waals surface area (Å²) in [6.07, 6.45) is 1.53. The molecule has 1 aromatic heterocycles. The molecule has 0 aliphatic carbocycles. The highest BCUT2D eigenvalue weighted by molar-refractivity contribution is 6.08. The van der Waals surface area contributed by atoms with Crippen LogP contribution in [0.25, 0.3) is 11.3 Å². The molecule has 0 aliphatic heterocycles. The largest absolute Gasteiger partial charge is 0.496 e. The van der Waals surface area contributed by atoms with E-state index in [0.717, 1.165) is 16.9 Å². The van der Waals surface area contributed by atoms with Gasteiger partial charge in [0.2, 0.25) is 0 Å². The number of rotatable bonds is 7. The smallest absolute Gasteiger partial charge is 0.263 e. The van der Waals surface area contributed by atoms with E-state index in [-0.39, 0.29) is 5.91 Å². The number of ether oxygens (including phenoxy) is 2. The van der Waals surface area contributed by atoms with Gasteiger partial charge in [0.05, 0.1) is 19.9 Å². The van der Waals surface area contributed by atoms with E-state index in [2.05, 4.69) is 20.6 Å². The van der Waals surface area contributed by atoms with Gasteiger partial charge in [-0.3, -0.25) is 4.79 Å². The molecule has 0 atom stereocenters. The van der Waals surface area contributed by atoms with Crippen LogP contribution in [0.1, 0.15) is 10.4 Å². The van der Waals surface area contributed by atoms with E-state index >= 15 is 0 Å². The fourth-order valence-electron chi connectivity index (χ4n) is 3.25. The maximum absolute atomic E-state index is 12.8. The van der Waals surface area contributed by atoms with Gasteiger partial charge in [-0.1, -0.05) is 36.4 Å². The molecule has 1 heterocycles. The molecule has 0 aliphatic rings. The average Bonchev–Trinajstić information content (AvgIpc) is 2.85. The van der Waals surface area contributed by atoms with E-state index in [1.165, 1.54) is 20.5 Å². The summed E-state index contributed by atoms with van der Waals surface area (Å²) in [7, 11) is 3.03. The Bertz CT molecular complexity index is 1190. The van der Waals surface area contributed by atoms with E-state index in [9.17, 15) is 4.79 Å². The number of carbonyl (C=O) groups is 1. The Morgan fingerprint density at radius 1 is 0.781 bits per heavy atom. The highest BCUT2D eigenvalue weighted by atomic mass is 16.5. The third-order valence-electron chi connectivity index (χ3n) is 4.81. The molecule has 4 aromatic rings. The summed E-state index contributed by atoms with van der Waals surface area (Å²) in [5.41, 5.74) is 3.66. The van der Waals surface area contributed by atoms with Crippen LogP contribution in [0.5, 0.6) is 11.5 Å². The van der Waals surface area contributed by atoms with Crippen LogP contribution in [0.3, 0.4) is 0 Å². The van der Waals surface area contributed by atoms with Crippen LogP contribution >= 0.6 is 0 Å². The van der Waals surface area contributed by atoms with Crippen molar-refractivity contribution in [3.8, 4) is 22.8 Å². The number of hydrogen-bond donors (Lipinski definition) is 2. The molecule has 4 rings (SSSR count). The average molecular weight is 426 g/mol. The number of nitrogens with one attached hydrogen (secondary N) is 2. The van der Waals surface area contributed by atoms with Crippen LogP contribution in [-0.2, 0) is 0 Å². The Kier molecular flexibility index (Phi) is 6.27. The highest BCUT2D eigenvalue weighted by Crippen LogP contribution is 2.29. The molecule has 160 valence electrons. The van der Waals surface area contributed by atoms with Gasteiger partial charge in [-0.05, 0) is 36.4 Å². The predicted octanol–water partition coefficient (Wildman–Crippen LogP) is 5.16. The normalized spacial score (nSPS) is 10.3. The lowest BCUT2D eigenvalue weighted by Crippen LogP contribution is -2.14. The fourth-order valence-corrected chi connectivity index (χ4v) is 3.25. The molecule has 7 heteroatoms. The van der Waals surface area contributed by atoms with Gasteiger partial charge in [-0.15, -0.1) is 0 Å². The second kappa shape index (κ2) is 9.61. The summed E-state index contributed by atoms with van der Waals surface area (Å²) in [4.78, 5) is 21.4. The minimum Gasteiger partial charge on any atom is -0.496 e. The molecule has 32 heavy (non-hydrogen) atoms. The lowest BCUT2D eigenvalue weighted by atomic mass is 10.1. The van der Waals surface area contributed by atoms with Crippen molar-refractivity contribution in [2.75, 3.05) is 24.9 Å². The number of methoxy groups -OCH3 is 2. The summed E-state index contributed by atoms with van der Waals surface area (Å²) in [6.45, 7) is 0. The number of amides is 1. The number of carbonyl (C=O) groups excluding carboxylic acids is 1. The first kappa shape index (κ1) is 20.9. The van der Waals surface area contributed by atoms with Crippen molar-refractivity contribution >= 4 is 23.1 Å². The molecule has 0 saturated carbocycles. The topological polar surface area (TPSA) is 85.4 Å². The maximum atomic E-state index is 12.8. The van der Waals surface area contributed by atoms with Gasteiger partial charge in [0.15, 0.2) is 0 Å². The zero-order chi connectivity index (χ0) is 22.3. The van der Waals surface area contributed by atoms with Crippen molar-refractivity contribution in [1.29, 1.82) is 0 Å². The van der Waals surface area contributed by atoms with Gasteiger partial charge in [0.25, 0.3) is 5.91 Å². The lowest BCUT2D eigenvalue weighted by Gasteiger charge is -2.13. The molecule has 0 radical (unpaired) electrons. The number of aromatic nitrogens is 2. The molecule has 7 nitrogen and oxygen atoms in total. The molecule has 3 aromatic carbocycles. The summed E-state index contributed by atoms with van der Waals surface area (Å²) in [6, 6.07) is 24.3. The van der Waals surface area contributed by atoms with Gasteiger partial charge in [-0.2, -0.15) is 0 Å². The van der Waals surface area contributed by atoms with Gasteiger partial charge in [-0.25, -0.2) is 9.97 Å². The van der Waals surface area contributed by atoms with Crippen molar-refractivity contribution in [3.63, 3.8) is 0 Å². The van der Waals surface area contributed by atoms with Crippen LogP contribution in [-0.4, -0.2) is 30.1 Å². The SMILES string of the molecule is COc1cccc(OC)c1C(=O)Nc1ccc(Nc2cc(-c3ccccc3)ncn2)cc1. The predicted molar refractivity (Wildman–Crippen MR) is 125 cm³/mol. The van der Waals surface area contributed by atoms with Crippen molar-refractivity contribution < 1.29 is 14.3 Å². The van der Waals surface area contributed by atoms with Gasteiger partial charge in [0, 0.05) is 23.0 Å². The highest BCUT2D eigenvalue weighted by Gasteiger charge is 2.18. The van der Waals surface area contributed by atoms with Crippen LogP contribution in [0.4, 0.5) is 17.2 Å². The minimum absolute atomic E-state index is 0.316. The minimum atomic E-state index is -0.316. The Labute approximate surface area is 186 Å². The Morgan fingerprint density at radius 2 is 1.44 bits per heavy atom. The van der Waals surface area contributed by atoms with Crippen molar-refractivity contribution in [2.24, 2.45) is 0 Å². The van der Waals surface area contributed by atoms with E-state index < -0.39 is 0 Å². The lowest BCUT2D eigenvalue weighted by molar-refractivity contribution is 0.102. The summed E-state index contributed by atoms with van der Waals surface area (Å²) in [5.74, 6) is 1.24. The molecular weight excluding hydrogens is 404 g/mol. The van der Waals surface area contributed by atoms with E-state index in [0.29, 0.717) is 28.6 Å². The first-order valence-electron chi connectivity index (χ1n) is 9.95. The number of benzene rings is 3. The zero-order valence-corrected chi connectivity index (χ0v) is 17.7. The molecule has 0 bridgehead atoms. The maximum Gasteiger partial charge on any atom is 0.263 e. The van der Waals surface area contributed by atoms with Crippen LogP contribution in [0, 0.1) is 0 Å². The molecular formula is C25H22N4O3. The van der Waals surface area contributed by atoms with Crippen molar-refractivity contribution in [2.45, 2.75) is 0 Å². The second-order valence-electron chi connectivity index (χ2n) is 6.85. The Balaban J connectivity index is 1.47. The Hall–Kier alpha value is -4.39. The van der Waals surface area contributed by atoms with Gasteiger partial charge < -0.3 is 20.1 Å². The molecule has 0 unspecified atom stereocenters. The molecule has 2 N–H and O–H groups in total. The first-order chi connectivity index (χ1) is 15.7. The second-order valence-corrected chi connectivity index (χ2v) is 6.85. The standard InChI is InChI=1S/C25H22N4O3/c1-31-21-9-6-10-22(32-2)24(21)25(30)29-19-13-11-18(12-14-19)28-23-15-20(26-16-27-23)17-7-4-3-5-8-17/h3-16H,1-2H3,(H,29,30)(H,26,27,28). The van der Waals surface area contributed by atoms with Gasteiger partial charge in [0.1, 0.15) is 29.2 Å². The molecule has 1 amide bonds. The van der Waals surface area contributed by atoms with Crippen molar-refractivity contribution in [3.05, 3.63) is 90.8 Å². The summed E-state index contributed by atoms with van der Waals surface area (Å²) < 4.78 is 10.6. The fraction of sp³-hybridized carbons (Fsp3) is 0.0800. The van der Waals surface area contributed by atoms with E-state index in [4.69, 9.17) is 9.47 Å². The first-order valence-corrected chi connectivity index (χ1v) is 9.95. The third-order valence-corrected chi connectivity index (χ3v) is 4.81. The number of anilines is 3. The van der Waals surface area contributed by atoms with Crippen LogP contribution in [0.15, 0.2) is 85.2 Å². The zero-order valence-electron chi connectivity index (χ0n) is 17.7. The van der Waals surface area contributed by atoms with Crippen LogP contribution < -0.4 is 20.1 Å². The number of hydrogen-bond acceptors (Lipinski definition) is 6. The van der Waals surface area contributed by atoms with E-state index in [1.54, 1.807) is 30.3 Å². The molecule has 0 saturated heterocycles. The molecule has 0 spiro atoms. The monoisotopic (exact) mass is 426 g/mol. The number of nitrogens with zero attached hydrogens (tertiary/aromatic N) is 2. The summed E-state index contributed by atoms with van der Waals surface area (Å²) in [5, 5.41) is 6.14. The van der Waals surface area contributed by atoms with Gasteiger partial charge >= 0.3 is 0 Å². The Morgan fingerprint density at radius 3 is 2.09 bits per heavy atom.